The Morgan fingerprint density at radius 3 is 2.94 bits per heavy atom. The van der Waals surface area contributed by atoms with Gasteiger partial charge >= 0.3 is 5.97 Å². The minimum absolute atomic E-state index is 0.139. The zero-order valence-corrected chi connectivity index (χ0v) is 9.06. The zero-order valence-electron chi connectivity index (χ0n) is 9.06. The van der Waals surface area contributed by atoms with Gasteiger partial charge in [0.1, 0.15) is 18.0 Å². The molecule has 0 atom stereocenters. The SMILES string of the molecule is COc1ccc2nc(CC(=O)O)[nH]c(=O)c2c1. The molecule has 0 amide bonds. The average molecular weight is 234 g/mol. The molecule has 2 aromatic rings. The van der Waals surface area contributed by atoms with Crippen molar-refractivity contribution >= 4 is 16.9 Å². The largest absolute Gasteiger partial charge is 0.497 e. The van der Waals surface area contributed by atoms with Crippen molar-refractivity contribution in [2.24, 2.45) is 0 Å². The molecule has 1 aromatic heterocycles. The first-order chi connectivity index (χ1) is 8.10. The number of carboxylic acid groups (broad SMARTS) is 1. The van der Waals surface area contributed by atoms with E-state index in [1.54, 1.807) is 18.2 Å². The monoisotopic (exact) mass is 234 g/mol. The third-order valence-electron chi connectivity index (χ3n) is 2.28. The summed E-state index contributed by atoms with van der Waals surface area (Å²) in [4.78, 5) is 28.7. The Balaban J connectivity index is 2.59. The van der Waals surface area contributed by atoms with Gasteiger partial charge in [0.2, 0.25) is 0 Å². The maximum atomic E-state index is 11.7. The maximum absolute atomic E-state index is 11.7. The lowest BCUT2D eigenvalue weighted by Gasteiger charge is -2.03. The molecule has 0 fully saturated rings. The van der Waals surface area contributed by atoms with Gasteiger partial charge in [0.25, 0.3) is 5.56 Å². The summed E-state index contributed by atoms with van der Waals surface area (Å²) < 4.78 is 5.00. The first kappa shape index (κ1) is 11.1. The number of H-pyrrole nitrogens is 1. The van der Waals surface area contributed by atoms with Crippen LogP contribution < -0.4 is 10.3 Å². The summed E-state index contributed by atoms with van der Waals surface area (Å²) >= 11 is 0. The first-order valence-corrected chi connectivity index (χ1v) is 4.89. The van der Waals surface area contributed by atoms with Crippen molar-refractivity contribution in [2.75, 3.05) is 7.11 Å². The Hall–Kier alpha value is -2.37. The second-order valence-electron chi connectivity index (χ2n) is 3.47. The number of rotatable bonds is 3. The molecule has 0 unspecified atom stereocenters. The van der Waals surface area contributed by atoms with Crippen LogP contribution in [0, 0.1) is 0 Å². The van der Waals surface area contributed by atoms with Crippen LogP contribution in [0.15, 0.2) is 23.0 Å². The molecule has 0 aliphatic heterocycles. The smallest absolute Gasteiger partial charge is 0.311 e. The third-order valence-corrected chi connectivity index (χ3v) is 2.28. The summed E-state index contributed by atoms with van der Waals surface area (Å²) in [7, 11) is 1.50. The predicted molar refractivity (Wildman–Crippen MR) is 60.3 cm³/mol. The third kappa shape index (κ3) is 2.25. The Bertz CT molecular complexity index is 633. The van der Waals surface area contributed by atoms with E-state index in [4.69, 9.17) is 9.84 Å². The normalized spacial score (nSPS) is 10.4. The second-order valence-corrected chi connectivity index (χ2v) is 3.47. The highest BCUT2D eigenvalue weighted by Gasteiger charge is 2.07. The average Bonchev–Trinajstić information content (AvgIpc) is 2.28. The molecule has 0 aliphatic carbocycles. The van der Waals surface area contributed by atoms with E-state index in [1.165, 1.54) is 7.11 Å². The van der Waals surface area contributed by atoms with E-state index in [9.17, 15) is 9.59 Å². The molecule has 0 aliphatic rings. The number of nitrogens with one attached hydrogen (secondary N) is 1. The lowest BCUT2D eigenvalue weighted by molar-refractivity contribution is -0.136. The minimum Gasteiger partial charge on any atom is -0.497 e. The van der Waals surface area contributed by atoms with E-state index < -0.39 is 5.97 Å². The minimum atomic E-state index is -1.04. The van der Waals surface area contributed by atoms with Gasteiger partial charge in [-0.1, -0.05) is 0 Å². The number of nitrogens with zero attached hydrogens (tertiary/aromatic N) is 1. The number of aromatic nitrogens is 2. The molecule has 2 N–H and O–H groups in total. The van der Waals surface area contributed by atoms with E-state index in [0.29, 0.717) is 16.7 Å². The van der Waals surface area contributed by atoms with Crippen molar-refractivity contribution in [3.8, 4) is 5.75 Å². The van der Waals surface area contributed by atoms with Crippen molar-refractivity contribution in [3.05, 3.63) is 34.4 Å². The maximum Gasteiger partial charge on any atom is 0.311 e. The van der Waals surface area contributed by atoms with E-state index in [2.05, 4.69) is 9.97 Å². The standard InChI is InChI=1S/C11H10N2O4/c1-17-6-2-3-8-7(4-6)11(16)13-9(12-8)5-10(14)15/h2-4H,5H2,1H3,(H,14,15)(H,12,13,16). The molecular formula is C11H10N2O4. The number of hydrogen-bond acceptors (Lipinski definition) is 4. The molecule has 17 heavy (non-hydrogen) atoms. The van der Waals surface area contributed by atoms with Crippen molar-refractivity contribution in [1.82, 2.24) is 9.97 Å². The van der Waals surface area contributed by atoms with E-state index in [0.717, 1.165) is 0 Å². The number of hydrogen-bond donors (Lipinski definition) is 2. The molecule has 6 heteroatoms. The number of carboxylic acids is 1. The van der Waals surface area contributed by atoms with Crippen LogP contribution in [-0.4, -0.2) is 28.2 Å². The van der Waals surface area contributed by atoms with Crippen molar-refractivity contribution < 1.29 is 14.6 Å². The summed E-state index contributed by atoms with van der Waals surface area (Å²) in [6.07, 6.45) is -0.308. The number of methoxy groups -OCH3 is 1. The van der Waals surface area contributed by atoms with Crippen LogP contribution in [0.5, 0.6) is 5.75 Å². The van der Waals surface area contributed by atoms with Gasteiger partial charge in [-0.05, 0) is 18.2 Å². The van der Waals surface area contributed by atoms with E-state index in [-0.39, 0.29) is 17.8 Å². The fourth-order valence-corrected chi connectivity index (χ4v) is 1.52. The van der Waals surface area contributed by atoms with Crippen LogP contribution in [0.4, 0.5) is 0 Å². The summed E-state index contributed by atoms with van der Waals surface area (Å²) in [5, 5.41) is 9.00. The summed E-state index contributed by atoms with van der Waals surface area (Å²) in [5.41, 5.74) is 0.0796. The summed E-state index contributed by atoms with van der Waals surface area (Å²) in [6.45, 7) is 0. The fraction of sp³-hybridized carbons (Fsp3) is 0.182. The molecule has 0 bridgehead atoms. The van der Waals surface area contributed by atoms with Gasteiger partial charge in [-0.15, -0.1) is 0 Å². The van der Waals surface area contributed by atoms with Gasteiger partial charge < -0.3 is 14.8 Å². The highest BCUT2D eigenvalue weighted by molar-refractivity contribution is 5.79. The number of aromatic amines is 1. The van der Waals surface area contributed by atoms with Crippen LogP contribution in [0.25, 0.3) is 10.9 Å². The van der Waals surface area contributed by atoms with Crippen LogP contribution in [-0.2, 0) is 11.2 Å². The Kier molecular flexibility index (Phi) is 2.78. The van der Waals surface area contributed by atoms with Gasteiger partial charge in [0, 0.05) is 0 Å². The van der Waals surface area contributed by atoms with Crippen LogP contribution in [0.1, 0.15) is 5.82 Å². The summed E-state index contributed by atoms with van der Waals surface area (Å²) in [6, 6.07) is 4.85. The summed E-state index contributed by atoms with van der Waals surface area (Å²) in [5.74, 6) is -0.350. The van der Waals surface area contributed by atoms with Gasteiger partial charge in [0.05, 0.1) is 18.0 Å². The molecule has 0 spiro atoms. The van der Waals surface area contributed by atoms with Gasteiger partial charge in [-0.2, -0.15) is 0 Å². The van der Waals surface area contributed by atoms with Crippen LogP contribution in [0.2, 0.25) is 0 Å². The van der Waals surface area contributed by atoms with Gasteiger partial charge in [-0.3, -0.25) is 9.59 Å². The number of fused-ring (bicyclic) bond motifs is 1. The van der Waals surface area contributed by atoms with Gasteiger partial charge in [-0.25, -0.2) is 4.98 Å². The predicted octanol–water partition coefficient (Wildman–Crippen LogP) is 0.559. The number of benzene rings is 1. The van der Waals surface area contributed by atoms with E-state index in [1.807, 2.05) is 0 Å². The Labute approximate surface area is 95.9 Å². The molecule has 88 valence electrons. The quantitative estimate of drug-likeness (QED) is 0.809. The molecule has 6 nitrogen and oxygen atoms in total. The molecule has 1 heterocycles. The molecule has 1 aromatic carbocycles. The molecular weight excluding hydrogens is 224 g/mol. The van der Waals surface area contributed by atoms with Crippen LogP contribution >= 0.6 is 0 Å². The topological polar surface area (TPSA) is 92.3 Å². The number of ether oxygens (including phenoxy) is 1. The van der Waals surface area contributed by atoms with Crippen LogP contribution in [0.3, 0.4) is 0 Å². The van der Waals surface area contributed by atoms with Gasteiger partial charge in [0.15, 0.2) is 0 Å². The molecule has 0 saturated heterocycles. The number of aliphatic carboxylic acids is 1. The highest BCUT2D eigenvalue weighted by atomic mass is 16.5. The first-order valence-electron chi connectivity index (χ1n) is 4.89. The lowest BCUT2D eigenvalue weighted by atomic mass is 10.2. The zero-order chi connectivity index (χ0) is 12.4. The molecule has 2 rings (SSSR count). The molecule has 0 saturated carbocycles. The highest BCUT2D eigenvalue weighted by Crippen LogP contribution is 2.15. The Morgan fingerprint density at radius 2 is 2.29 bits per heavy atom. The fourth-order valence-electron chi connectivity index (χ4n) is 1.52. The second kappa shape index (κ2) is 4.25. The Morgan fingerprint density at radius 1 is 1.53 bits per heavy atom. The van der Waals surface area contributed by atoms with Crippen molar-refractivity contribution in [3.63, 3.8) is 0 Å². The number of carbonyl (C=O) groups is 1. The van der Waals surface area contributed by atoms with Crippen molar-refractivity contribution in [2.45, 2.75) is 6.42 Å². The lowest BCUT2D eigenvalue weighted by Crippen LogP contribution is -2.14. The van der Waals surface area contributed by atoms with E-state index >= 15 is 0 Å². The molecule has 0 radical (unpaired) electrons. The van der Waals surface area contributed by atoms with Crippen molar-refractivity contribution in [1.29, 1.82) is 0 Å².